The molecule has 2 nitrogen and oxygen atoms in total. The number of rotatable bonds is 6. The summed E-state index contributed by atoms with van der Waals surface area (Å²) in [4.78, 5) is 4.31. The summed E-state index contributed by atoms with van der Waals surface area (Å²) >= 11 is 7.89. The molecule has 0 unspecified atom stereocenters. The maximum absolute atomic E-state index is 6.20. The topological polar surface area (TPSA) is 24.9 Å². The molecule has 1 heterocycles. The first-order chi connectivity index (χ1) is 8.79. The van der Waals surface area contributed by atoms with Crippen LogP contribution in [0.3, 0.4) is 0 Å². The number of halogens is 1. The lowest BCUT2D eigenvalue weighted by atomic mass is 10.1. The van der Waals surface area contributed by atoms with Gasteiger partial charge in [0.2, 0.25) is 0 Å². The molecule has 0 aliphatic rings. The molecule has 0 radical (unpaired) electrons. The van der Waals surface area contributed by atoms with Crippen LogP contribution in [0.25, 0.3) is 0 Å². The van der Waals surface area contributed by atoms with Crippen LogP contribution in [0.1, 0.15) is 29.5 Å². The van der Waals surface area contributed by atoms with Crippen LogP contribution in [0, 0.1) is 0 Å². The van der Waals surface area contributed by atoms with Crippen LogP contribution < -0.4 is 5.32 Å². The Labute approximate surface area is 117 Å². The average molecular weight is 281 g/mol. The maximum Gasteiger partial charge on any atom is 0.0968 e. The number of benzene rings is 1. The first kappa shape index (κ1) is 13.5. The third kappa shape index (κ3) is 3.80. The van der Waals surface area contributed by atoms with E-state index in [1.165, 1.54) is 11.1 Å². The SMILES string of the molecule is CCCNCc1cc(Cc2nccs2)ccc1Cl. The maximum atomic E-state index is 6.20. The minimum atomic E-state index is 0.832. The minimum Gasteiger partial charge on any atom is -0.313 e. The van der Waals surface area contributed by atoms with Crippen molar-refractivity contribution in [3.8, 4) is 0 Å². The minimum absolute atomic E-state index is 0.832. The largest absolute Gasteiger partial charge is 0.313 e. The summed E-state index contributed by atoms with van der Waals surface area (Å²) in [5, 5.41) is 7.37. The van der Waals surface area contributed by atoms with Gasteiger partial charge < -0.3 is 5.32 Å². The normalized spacial score (nSPS) is 10.8. The molecule has 2 rings (SSSR count). The van der Waals surface area contributed by atoms with Gasteiger partial charge >= 0.3 is 0 Å². The summed E-state index contributed by atoms with van der Waals surface area (Å²) in [6.45, 7) is 4.01. The van der Waals surface area contributed by atoms with Crippen LogP contribution >= 0.6 is 22.9 Å². The van der Waals surface area contributed by atoms with Crippen LogP contribution in [-0.4, -0.2) is 11.5 Å². The molecule has 2 aromatic rings. The molecule has 0 aliphatic carbocycles. The quantitative estimate of drug-likeness (QED) is 0.812. The smallest absolute Gasteiger partial charge is 0.0968 e. The van der Waals surface area contributed by atoms with Gasteiger partial charge in [0.25, 0.3) is 0 Å². The van der Waals surface area contributed by atoms with Gasteiger partial charge in [0.05, 0.1) is 5.01 Å². The van der Waals surface area contributed by atoms with E-state index >= 15 is 0 Å². The van der Waals surface area contributed by atoms with Gasteiger partial charge in [-0.3, -0.25) is 0 Å². The molecule has 1 aromatic heterocycles. The number of hydrogen-bond donors (Lipinski definition) is 1. The van der Waals surface area contributed by atoms with Crippen molar-refractivity contribution in [3.63, 3.8) is 0 Å². The fourth-order valence-electron chi connectivity index (χ4n) is 1.79. The van der Waals surface area contributed by atoms with Gasteiger partial charge in [-0.05, 0) is 30.2 Å². The monoisotopic (exact) mass is 280 g/mol. The second-order valence-electron chi connectivity index (χ2n) is 4.21. The summed E-state index contributed by atoms with van der Waals surface area (Å²) < 4.78 is 0. The van der Waals surface area contributed by atoms with Gasteiger partial charge in [0, 0.05) is 29.6 Å². The Bertz CT molecular complexity index is 483. The van der Waals surface area contributed by atoms with Crippen LogP contribution in [0.2, 0.25) is 5.02 Å². The van der Waals surface area contributed by atoms with Gasteiger partial charge in [0.15, 0.2) is 0 Å². The fraction of sp³-hybridized carbons (Fsp3) is 0.357. The van der Waals surface area contributed by atoms with Crippen molar-refractivity contribution in [2.24, 2.45) is 0 Å². The van der Waals surface area contributed by atoms with Crippen LogP contribution in [0.15, 0.2) is 29.8 Å². The van der Waals surface area contributed by atoms with Gasteiger partial charge in [0.1, 0.15) is 0 Å². The number of nitrogens with zero attached hydrogens (tertiary/aromatic N) is 1. The summed E-state index contributed by atoms with van der Waals surface area (Å²) in [6.07, 6.45) is 3.87. The van der Waals surface area contributed by atoms with E-state index in [0.717, 1.165) is 36.0 Å². The third-order valence-electron chi connectivity index (χ3n) is 2.69. The van der Waals surface area contributed by atoms with Crippen molar-refractivity contribution in [3.05, 3.63) is 50.9 Å². The summed E-state index contributed by atoms with van der Waals surface area (Å²) in [5.74, 6) is 0. The zero-order valence-corrected chi connectivity index (χ0v) is 12.0. The molecule has 0 saturated heterocycles. The zero-order chi connectivity index (χ0) is 12.8. The van der Waals surface area contributed by atoms with Crippen molar-refractivity contribution in [1.82, 2.24) is 10.3 Å². The highest BCUT2D eigenvalue weighted by Crippen LogP contribution is 2.20. The van der Waals surface area contributed by atoms with Crippen LogP contribution in [-0.2, 0) is 13.0 Å². The van der Waals surface area contributed by atoms with Crippen molar-refractivity contribution < 1.29 is 0 Å². The molecule has 0 aliphatic heterocycles. The molecular formula is C14H17ClN2S. The van der Waals surface area contributed by atoms with E-state index in [1.54, 1.807) is 11.3 Å². The van der Waals surface area contributed by atoms with E-state index < -0.39 is 0 Å². The Morgan fingerprint density at radius 2 is 2.28 bits per heavy atom. The Kier molecular flexibility index (Phi) is 5.17. The van der Waals surface area contributed by atoms with E-state index in [1.807, 2.05) is 17.6 Å². The average Bonchev–Trinajstić information content (AvgIpc) is 2.86. The van der Waals surface area contributed by atoms with Gasteiger partial charge in [-0.2, -0.15) is 0 Å². The number of hydrogen-bond acceptors (Lipinski definition) is 3. The molecule has 4 heteroatoms. The Morgan fingerprint density at radius 1 is 1.39 bits per heavy atom. The van der Waals surface area contributed by atoms with Crippen molar-refractivity contribution in [2.45, 2.75) is 26.3 Å². The van der Waals surface area contributed by atoms with Crippen LogP contribution in [0.4, 0.5) is 0 Å². The Hall–Kier alpha value is -0.900. The Morgan fingerprint density at radius 3 is 3.00 bits per heavy atom. The van der Waals surface area contributed by atoms with E-state index in [2.05, 4.69) is 29.4 Å². The van der Waals surface area contributed by atoms with Crippen molar-refractivity contribution in [2.75, 3.05) is 6.54 Å². The molecule has 1 N–H and O–H groups in total. The molecule has 0 saturated carbocycles. The number of nitrogens with one attached hydrogen (secondary N) is 1. The molecule has 1 aromatic carbocycles. The predicted octanol–water partition coefficient (Wildman–Crippen LogP) is 3.89. The lowest BCUT2D eigenvalue weighted by Crippen LogP contribution is -2.14. The molecule has 0 atom stereocenters. The number of aromatic nitrogens is 1. The lowest BCUT2D eigenvalue weighted by molar-refractivity contribution is 0.675. The molecule has 0 amide bonds. The Balaban J connectivity index is 2.05. The van der Waals surface area contributed by atoms with E-state index in [9.17, 15) is 0 Å². The molecule has 18 heavy (non-hydrogen) atoms. The lowest BCUT2D eigenvalue weighted by Gasteiger charge is -2.08. The molecule has 0 fully saturated rings. The predicted molar refractivity (Wildman–Crippen MR) is 78.4 cm³/mol. The summed E-state index contributed by atoms with van der Waals surface area (Å²) in [5.41, 5.74) is 2.43. The highest BCUT2D eigenvalue weighted by molar-refractivity contribution is 7.09. The summed E-state index contributed by atoms with van der Waals surface area (Å²) in [7, 11) is 0. The molecule has 0 spiro atoms. The fourth-order valence-corrected chi connectivity index (χ4v) is 2.62. The molecule has 0 bridgehead atoms. The summed E-state index contributed by atoms with van der Waals surface area (Å²) in [6, 6.07) is 6.23. The van der Waals surface area contributed by atoms with E-state index in [-0.39, 0.29) is 0 Å². The molecule has 96 valence electrons. The van der Waals surface area contributed by atoms with Gasteiger partial charge in [-0.15, -0.1) is 11.3 Å². The number of thiazole rings is 1. The van der Waals surface area contributed by atoms with Gasteiger partial charge in [-0.1, -0.05) is 30.7 Å². The molecular weight excluding hydrogens is 264 g/mol. The van der Waals surface area contributed by atoms with Gasteiger partial charge in [-0.25, -0.2) is 4.98 Å². The van der Waals surface area contributed by atoms with Crippen LogP contribution in [0.5, 0.6) is 0 Å². The highest BCUT2D eigenvalue weighted by atomic mass is 35.5. The third-order valence-corrected chi connectivity index (χ3v) is 3.84. The second-order valence-corrected chi connectivity index (χ2v) is 5.59. The second kappa shape index (κ2) is 6.88. The van der Waals surface area contributed by atoms with Crippen molar-refractivity contribution in [1.29, 1.82) is 0 Å². The van der Waals surface area contributed by atoms with E-state index in [4.69, 9.17) is 11.6 Å². The first-order valence-corrected chi connectivity index (χ1v) is 7.41. The van der Waals surface area contributed by atoms with E-state index in [0.29, 0.717) is 0 Å². The highest BCUT2D eigenvalue weighted by Gasteiger charge is 2.04. The standard InChI is InChI=1S/C14H17ClN2S/c1-2-5-16-10-12-8-11(3-4-13(12)15)9-14-17-6-7-18-14/h3-4,6-8,16H,2,5,9-10H2,1H3. The van der Waals surface area contributed by atoms with Crippen molar-refractivity contribution >= 4 is 22.9 Å². The first-order valence-electron chi connectivity index (χ1n) is 6.16. The zero-order valence-electron chi connectivity index (χ0n) is 10.4.